The molecule has 0 atom stereocenters. The van der Waals surface area contributed by atoms with Gasteiger partial charge in [0.05, 0.1) is 5.69 Å². The number of rotatable bonds is 10. The second-order valence-electron chi connectivity index (χ2n) is 7.01. The zero-order chi connectivity index (χ0) is 22.2. The summed E-state index contributed by atoms with van der Waals surface area (Å²) in [6.07, 6.45) is 3.41. The van der Waals surface area contributed by atoms with Gasteiger partial charge in [-0.05, 0) is 49.6 Å². The third-order valence-corrected chi connectivity index (χ3v) is 4.68. The Morgan fingerprint density at radius 1 is 1.06 bits per heavy atom. The minimum absolute atomic E-state index is 0.129. The Morgan fingerprint density at radius 3 is 2.52 bits per heavy atom. The fourth-order valence-corrected chi connectivity index (χ4v) is 2.90. The number of aryl methyl sites for hydroxylation is 2. The van der Waals surface area contributed by atoms with Crippen molar-refractivity contribution in [3.8, 4) is 5.75 Å². The number of carbonyl (C=O) groups excluding carboxylic acids is 2. The number of ether oxygens (including phenoxy) is 1. The molecule has 0 aliphatic rings. The summed E-state index contributed by atoms with van der Waals surface area (Å²) < 4.78 is 12.9. The molecule has 1 aromatic carbocycles. The molecule has 0 saturated carbocycles. The predicted molar refractivity (Wildman–Crippen MR) is 117 cm³/mol. The molecule has 164 valence electrons. The van der Waals surface area contributed by atoms with E-state index in [1.807, 2.05) is 38.1 Å². The van der Waals surface area contributed by atoms with Crippen molar-refractivity contribution in [1.82, 2.24) is 15.1 Å². The minimum atomic E-state index is -0.459. The fraction of sp³-hybridized carbons (Fsp3) is 0.348. The van der Waals surface area contributed by atoms with E-state index in [-0.39, 0.29) is 24.0 Å². The third-order valence-electron chi connectivity index (χ3n) is 4.68. The van der Waals surface area contributed by atoms with E-state index in [9.17, 15) is 9.59 Å². The molecule has 0 radical (unpaired) electrons. The highest BCUT2D eigenvalue weighted by Gasteiger charge is 2.20. The van der Waals surface area contributed by atoms with Gasteiger partial charge >= 0.3 is 0 Å². The number of furan rings is 1. The lowest BCUT2D eigenvalue weighted by molar-refractivity contribution is 0.0948. The number of carbonyl (C=O) groups is 2. The summed E-state index contributed by atoms with van der Waals surface area (Å²) in [6, 6.07) is 11.1. The normalized spacial score (nSPS) is 10.7. The first-order valence-electron chi connectivity index (χ1n) is 10.5. The quantitative estimate of drug-likeness (QED) is 0.512. The molecule has 0 aliphatic carbocycles. The van der Waals surface area contributed by atoms with Crippen LogP contribution in [0, 0.1) is 0 Å². The van der Waals surface area contributed by atoms with E-state index in [0.717, 1.165) is 18.6 Å². The lowest BCUT2D eigenvalue weighted by Gasteiger charge is -2.05. The van der Waals surface area contributed by atoms with Crippen molar-refractivity contribution in [3.63, 3.8) is 0 Å². The maximum atomic E-state index is 12.6. The fourth-order valence-electron chi connectivity index (χ4n) is 2.90. The van der Waals surface area contributed by atoms with E-state index in [2.05, 4.69) is 22.7 Å². The topological polar surface area (TPSA) is 98.4 Å². The van der Waals surface area contributed by atoms with Crippen LogP contribution in [-0.2, 0) is 19.6 Å². The van der Waals surface area contributed by atoms with Gasteiger partial charge in [0.15, 0.2) is 11.5 Å². The zero-order valence-electron chi connectivity index (χ0n) is 18.1. The van der Waals surface area contributed by atoms with Gasteiger partial charge in [-0.2, -0.15) is 5.10 Å². The van der Waals surface area contributed by atoms with Gasteiger partial charge in [-0.25, -0.2) is 0 Å². The molecule has 3 rings (SSSR count). The first kappa shape index (κ1) is 22.1. The SMILES string of the molecule is CCCNC(=O)c1nn(CC)cc1NC(=O)c1ccc(COc2ccc(CC)cc2)o1. The Labute approximate surface area is 181 Å². The number of amides is 2. The summed E-state index contributed by atoms with van der Waals surface area (Å²) in [4.78, 5) is 25.0. The van der Waals surface area contributed by atoms with Crippen LogP contribution in [0.4, 0.5) is 5.69 Å². The van der Waals surface area contributed by atoms with E-state index in [1.165, 1.54) is 5.56 Å². The first-order valence-corrected chi connectivity index (χ1v) is 10.5. The Hall–Kier alpha value is -3.55. The molecule has 2 heterocycles. The second kappa shape index (κ2) is 10.5. The van der Waals surface area contributed by atoms with Crippen molar-refractivity contribution >= 4 is 17.5 Å². The van der Waals surface area contributed by atoms with Gasteiger partial charge in [-0.15, -0.1) is 0 Å². The number of anilines is 1. The molecule has 0 saturated heterocycles. The van der Waals surface area contributed by atoms with Crippen LogP contribution < -0.4 is 15.4 Å². The highest BCUT2D eigenvalue weighted by atomic mass is 16.5. The standard InChI is InChI=1S/C23H28N4O4/c1-4-13-24-23(29)21-19(14-27(6-3)26-21)25-22(28)20-12-11-18(31-20)15-30-17-9-7-16(5-2)8-10-17/h7-12,14H,4-6,13,15H2,1-3H3,(H,24,29)(H,25,28). The van der Waals surface area contributed by atoms with Gasteiger partial charge < -0.3 is 19.8 Å². The van der Waals surface area contributed by atoms with Crippen LogP contribution >= 0.6 is 0 Å². The van der Waals surface area contributed by atoms with Crippen molar-refractivity contribution in [1.29, 1.82) is 0 Å². The molecule has 2 amide bonds. The lowest BCUT2D eigenvalue weighted by Crippen LogP contribution is -2.26. The van der Waals surface area contributed by atoms with Crippen LogP contribution in [0.2, 0.25) is 0 Å². The summed E-state index contributed by atoms with van der Waals surface area (Å²) in [5, 5.41) is 9.75. The molecule has 2 aromatic heterocycles. The van der Waals surface area contributed by atoms with Crippen LogP contribution in [0.5, 0.6) is 5.75 Å². The predicted octanol–water partition coefficient (Wildman–Crippen LogP) is 4.03. The number of benzene rings is 1. The Kier molecular flexibility index (Phi) is 7.48. The Morgan fingerprint density at radius 2 is 1.84 bits per heavy atom. The van der Waals surface area contributed by atoms with Crippen molar-refractivity contribution in [2.75, 3.05) is 11.9 Å². The molecule has 0 aliphatic heterocycles. The molecular weight excluding hydrogens is 396 g/mol. The van der Waals surface area contributed by atoms with Crippen LogP contribution in [-0.4, -0.2) is 28.1 Å². The van der Waals surface area contributed by atoms with Crippen molar-refractivity contribution in [2.24, 2.45) is 0 Å². The Balaban J connectivity index is 1.64. The van der Waals surface area contributed by atoms with Gasteiger partial charge in [0.25, 0.3) is 11.8 Å². The summed E-state index contributed by atoms with van der Waals surface area (Å²) in [5.74, 6) is 0.596. The number of aromatic nitrogens is 2. The zero-order valence-corrected chi connectivity index (χ0v) is 18.1. The average molecular weight is 425 g/mol. The molecule has 2 N–H and O–H groups in total. The molecule has 8 nitrogen and oxygen atoms in total. The maximum absolute atomic E-state index is 12.6. The van der Waals surface area contributed by atoms with Crippen molar-refractivity contribution < 1.29 is 18.7 Å². The molecule has 3 aromatic rings. The lowest BCUT2D eigenvalue weighted by atomic mass is 10.2. The first-order chi connectivity index (χ1) is 15.0. The Bertz CT molecular complexity index is 1020. The smallest absolute Gasteiger partial charge is 0.291 e. The third kappa shape index (κ3) is 5.75. The monoisotopic (exact) mass is 424 g/mol. The molecular formula is C23H28N4O4. The molecule has 0 fully saturated rings. The van der Waals surface area contributed by atoms with Crippen LogP contribution in [0.25, 0.3) is 0 Å². The average Bonchev–Trinajstić information content (AvgIpc) is 3.43. The minimum Gasteiger partial charge on any atom is -0.486 e. The van der Waals surface area contributed by atoms with E-state index in [0.29, 0.717) is 24.5 Å². The number of hydrogen-bond acceptors (Lipinski definition) is 5. The molecule has 8 heteroatoms. The highest BCUT2D eigenvalue weighted by molar-refractivity contribution is 6.07. The van der Waals surface area contributed by atoms with E-state index >= 15 is 0 Å². The molecule has 31 heavy (non-hydrogen) atoms. The highest BCUT2D eigenvalue weighted by Crippen LogP contribution is 2.18. The summed E-state index contributed by atoms with van der Waals surface area (Å²) in [7, 11) is 0. The van der Waals surface area contributed by atoms with Gasteiger partial charge in [-0.3, -0.25) is 14.3 Å². The van der Waals surface area contributed by atoms with Gasteiger partial charge in [0, 0.05) is 19.3 Å². The largest absolute Gasteiger partial charge is 0.486 e. The molecule has 0 unspecified atom stereocenters. The van der Waals surface area contributed by atoms with E-state index < -0.39 is 5.91 Å². The van der Waals surface area contributed by atoms with E-state index in [1.54, 1.807) is 23.0 Å². The van der Waals surface area contributed by atoms with Crippen LogP contribution in [0.1, 0.15) is 59.6 Å². The number of hydrogen-bond donors (Lipinski definition) is 2. The van der Waals surface area contributed by atoms with Crippen molar-refractivity contribution in [3.05, 3.63) is 65.4 Å². The summed E-state index contributed by atoms with van der Waals surface area (Å²) in [6.45, 7) is 7.28. The molecule has 0 bridgehead atoms. The van der Waals surface area contributed by atoms with Crippen LogP contribution in [0.3, 0.4) is 0 Å². The number of nitrogens with one attached hydrogen (secondary N) is 2. The maximum Gasteiger partial charge on any atom is 0.291 e. The van der Waals surface area contributed by atoms with E-state index in [4.69, 9.17) is 9.15 Å². The number of nitrogens with zero attached hydrogens (tertiary/aromatic N) is 2. The summed E-state index contributed by atoms with van der Waals surface area (Å²) >= 11 is 0. The van der Waals surface area contributed by atoms with Gasteiger partial charge in [-0.1, -0.05) is 26.0 Å². The van der Waals surface area contributed by atoms with Crippen molar-refractivity contribution in [2.45, 2.75) is 46.8 Å². The second-order valence-corrected chi connectivity index (χ2v) is 7.01. The molecule has 0 spiro atoms. The van der Waals surface area contributed by atoms with Gasteiger partial charge in [0.1, 0.15) is 18.1 Å². The van der Waals surface area contributed by atoms with Gasteiger partial charge in [0.2, 0.25) is 0 Å². The summed E-state index contributed by atoms with van der Waals surface area (Å²) in [5.41, 5.74) is 1.75. The van der Waals surface area contributed by atoms with Crippen LogP contribution in [0.15, 0.2) is 47.0 Å².